The molecule has 2 amide bonds. The smallest absolute Gasteiger partial charge is 0.405 e. The normalized spacial score (nSPS) is 21.1. The number of hydrogen-bond acceptors (Lipinski definition) is 2. The van der Waals surface area contributed by atoms with Gasteiger partial charge in [-0.05, 0) is 19.3 Å². The molecule has 0 aromatic rings. The summed E-state index contributed by atoms with van der Waals surface area (Å²) in [6, 6.07) is 0. The van der Waals surface area contributed by atoms with Crippen LogP contribution in [0.4, 0.5) is 4.79 Å². The van der Waals surface area contributed by atoms with E-state index in [1.54, 1.807) is 6.92 Å². The minimum absolute atomic E-state index is 0.401. The molecule has 1 aliphatic carbocycles. The summed E-state index contributed by atoms with van der Waals surface area (Å²) in [5.41, 5.74) is 4.14. The van der Waals surface area contributed by atoms with Crippen molar-refractivity contribution in [3.63, 3.8) is 0 Å². The number of rotatable bonds is 4. The Hall–Kier alpha value is -1.26. The lowest BCUT2D eigenvalue weighted by molar-refractivity contribution is -0.124. The van der Waals surface area contributed by atoms with E-state index in [0.29, 0.717) is 12.3 Å². The van der Waals surface area contributed by atoms with Crippen molar-refractivity contribution >= 4 is 12.0 Å². The maximum absolute atomic E-state index is 11.3. The molecule has 0 bridgehead atoms. The van der Waals surface area contributed by atoms with Crippen molar-refractivity contribution < 1.29 is 14.7 Å². The third kappa shape index (κ3) is 3.40. The van der Waals surface area contributed by atoms with E-state index in [0.717, 1.165) is 25.7 Å². The van der Waals surface area contributed by atoms with Crippen LogP contribution in [0.15, 0.2) is 0 Å². The van der Waals surface area contributed by atoms with Crippen LogP contribution in [-0.2, 0) is 4.79 Å². The lowest BCUT2D eigenvalue weighted by atomic mass is 9.80. The summed E-state index contributed by atoms with van der Waals surface area (Å²) in [4.78, 5) is 22.0. The Kier molecular flexibility index (Phi) is 4.15. The van der Waals surface area contributed by atoms with Gasteiger partial charge in [0.15, 0.2) is 0 Å². The van der Waals surface area contributed by atoms with Crippen LogP contribution in [0.1, 0.15) is 45.4 Å². The molecule has 1 rings (SSSR count). The molecule has 0 aromatic heterocycles. The van der Waals surface area contributed by atoms with E-state index in [9.17, 15) is 9.59 Å². The second kappa shape index (κ2) is 5.18. The van der Waals surface area contributed by atoms with Crippen LogP contribution in [0.2, 0.25) is 0 Å². The van der Waals surface area contributed by atoms with Crippen LogP contribution in [0.5, 0.6) is 0 Å². The van der Waals surface area contributed by atoms with Gasteiger partial charge in [0, 0.05) is 0 Å². The molecule has 0 heterocycles. The Morgan fingerprint density at radius 2 is 1.94 bits per heavy atom. The lowest BCUT2D eigenvalue weighted by Gasteiger charge is -2.32. The first-order valence-corrected chi connectivity index (χ1v) is 5.75. The Morgan fingerprint density at radius 1 is 1.38 bits per heavy atom. The largest absolute Gasteiger partial charge is 0.465 e. The molecule has 1 saturated carbocycles. The Morgan fingerprint density at radius 3 is 2.38 bits per heavy atom. The van der Waals surface area contributed by atoms with Crippen LogP contribution < -0.4 is 11.1 Å². The Labute approximate surface area is 95.4 Å². The third-order valence-electron chi connectivity index (χ3n) is 3.35. The maximum atomic E-state index is 11.3. The van der Waals surface area contributed by atoms with Gasteiger partial charge in [-0.1, -0.05) is 32.1 Å². The monoisotopic (exact) mass is 228 g/mol. The summed E-state index contributed by atoms with van der Waals surface area (Å²) in [5.74, 6) is -0.196. The molecule has 0 radical (unpaired) electrons. The average molecular weight is 228 g/mol. The molecule has 0 saturated heterocycles. The van der Waals surface area contributed by atoms with E-state index in [2.05, 4.69) is 5.32 Å². The predicted molar refractivity (Wildman–Crippen MR) is 60.0 cm³/mol. The quantitative estimate of drug-likeness (QED) is 0.680. The minimum Gasteiger partial charge on any atom is -0.465 e. The van der Waals surface area contributed by atoms with Gasteiger partial charge >= 0.3 is 6.09 Å². The highest BCUT2D eigenvalue weighted by Crippen LogP contribution is 2.30. The zero-order chi connectivity index (χ0) is 12.2. The summed E-state index contributed by atoms with van der Waals surface area (Å²) >= 11 is 0. The van der Waals surface area contributed by atoms with Gasteiger partial charge in [0.05, 0.1) is 0 Å². The molecule has 1 aliphatic rings. The Balaban J connectivity index is 2.62. The minimum atomic E-state index is -1.20. The second-order valence-corrected chi connectivity index (χ2v) is 4.83. The predicted octanol–water partition coefficient (Wildman–Crippen LogP) is 1.47. The van der Waals surface area contributed by atoms with Crippen molar-refractivity contribution in [1.29, 1.82) is 0 Å². The number of primary amides is 1. The number of carbonyl (C=O) groups is 2. The standard InChI is InChI=1S/C11H20N2O3/c1-11(9(12)14,13-10(15)16)7-8-5-3-2-4-6-8/h8,13H,2-7H2,1H3,(H2,12,14)(H,15,16). The van der Waals surface area contributed by atoms with Gasteiger partial charge in [-0.2, -0.15) is 0 Å². The first-order valence-electron chi connectivity index (χ1n) is 5.75. The summed E-state index contributed by atoms with van der Waals surface area (Å²) in [6.45, 7) is 1.57. The fraction of sp³-hybridized carbons (Fsp3) is 0.818. The summed E-state index contributed by atoms with van der Waals surface area (Å²) in [5, 5.41) is 11.0. The molecule has 0 aliphatic heterocycles. The summed E-state index contributed by atoms with van der Waals surface area (Å²) in [6.07, 6.45) is 4.98. The van der Waals surface area contributed by atoms with Crippen molar-refractivity contribution in [2.45, 2.75) is 51.0 Å². The van der Waals surface area contributed by atoms with Crippen LogP contribution in [-0.4, -0.2) is 22.6 Å². The molecule has 4 N–H and O–H groups in total. The van der Waals surface area contributed by atoms with Crippen molar-refractivity contribution in [2.75, 3.05) is 0 Å². The third-order valence-corrected chi connectivity index (χ3v) is 3.35. The van der Waals surface area contributed by atoms with Crippen molar-refractivity contribution in [1.82, 2.24) is 5.32 Å². The van der Waals surface area contributed by atoms with Crippen LogP contribution >= 0.6 is 0 Å². The molecule has 5 nitrogen and oxygen atoms in total. The first kappa shape index (κ1) is 12.8. The number of carboxylic acid groups (broad SMARTS) is 1. The lowest BCUT2D eigenvalue weighted by Crippen LogP contribution is -2.56. The van der Waals surface area contributed by atoms with Crippen LogP contribution in [0.25, 0.3) is 0 Å². The fourth-order valence-electron chi connectivity index (χ4n) is 2.42. The molecule has 1 atom stereocenters. The van der Waals surface area contributed by atoms with Gasteiger partial charge in [-0.25, -0.2) is 4.79 Å². The van der Waals surface area contributed by atoms with E-state index >= 15 is 0 Å². The van der Waals surface area contributed by atoms with Crippen molar-refractivity contribution in [3.05, 3.63) is 0 Å². The molecule has 92 valence electrons. The first-order chi connectivity index (χ1) is 7.44. The molecular weight excluding hydrogens is 208 g/mol. The topological polar surface area (TPSA) is 92.4 Å². The molecule has 16 heavy (non-hydrogen) atoms. The summed E-state index contributed by atoms with van der Waals surface area (Å²) < 4.78 is 0. The SMILES string of the molecule is CC(CC1CCCCC1)(NC(=O)O)C(N)=O. The molecule has 0 spiro atoms. The number of carbonyl (C=O) groups excluding carboxylic acids is 1. The number of nitrogens with one attached hydrogen (secondary N) is 1. The number of nitrogens with two attached hydrogens (primary N) is 1. The Bertz CT molecular complexity index is 274. The molecule has 1 unspecified atom stereocenters. The van der Waals surface area contributed by atoms with E-state index in [1.165, 1.54) is 6.42 Å². The summed E-state index contributed by atoms with van der Waals surface area (Å²) in [7, 11) is 0. The van der Waals surface area contributed by atoms with Gasteiger partial charge in [-0.15, -0.1) is 0 Å². The van der Waals surface area contributed by atoms with E-state index in [-0.39, 0.29) is 0 Å². The highest BCUT2D eigenvalue weighted by atomic mass is 16.4. The van der Waals surface area contributed by atoms with Gasteiger partial charge in [0.1, 0.15) is 5.54 Å². The van der Waals surface area contributed by atoms with Crippen molar-refractivity contribution in [2.24, 2.45) is 11.7 Å². The fourth-order valence-corrected chi connectivity index (χ4v) is 2.42. The zero-order valence-electron chi connectivity index (χ0n) is 9.66. The van der Waals surface area contributed by atoms with E-state index < -0.39 is 17.5 Å². The van der Waals surface area contributed by atoms with Gasteiger partial charge < -0.3 is 16.2 Å². The van der Waals surface area contributed by atoms with Crippen LogP contribution in [0, 0.1) is 5.92 Å². The van der Waals surface area contributed by atoms with Gasteiger partial charge in [0.2, 0.25) is 5.91 Å². The number of amides is 2. The number of hydrogen-bond donors (Lipinski definition) is 3. The molecule has 1 fully saturated rings. The molecule has 5 heteroatoms. The van der Waals surface area contributed by atoms with Crippen LogP contribution in [0.3, 0.4) is 0 Å². The maximum Gasteiger partial charge on any atom is 0.405 e. The van der Waals surface area contributed by atoms with E-state index in [1.807, 2.05) is 0 Å². The van der Waals surface area contributed by atoms with Crippen molar-refractivity contribution in [3.8, 4) is 0 Å². The van der Waals surface area contributed by atoms with E-state index in [4.69, 9.17) is 10.8 Å². The molecular formula is C11H20N2O3. The highest BCUT2D eigenvalue weighted by molar-refractivity contribution is 5.87. The second-order valence-electron chi connectivity index (χ2n) is 4.83. The van der Waals surface area contributed by atoms with Gasteiger partial charge in [-0.3, -0.25) is 4.79 Å². The molecule has 0 aromatic carbocycles. The average Bonchev–Trinajstić information content (AvgIpc) is 2.17. The van der Waals surface area contributed by atoms with Gasteiger partial charge in [0.25, 0.3) is 0 Å². The zero-order valence-corrected chi connectivity index (χ0v) is 9.66. The highest BCUT2D eigenvalue weighted by Gasteiger charge is 2.35.